The second-order valence-corrected chi connectivity index (χ2v) is 2.34. The van der Waals surface area contributed by atoms with E-state index in [4.69, 9.17) is 5.26 Å². The maximum atomic E-state index is 10.9. The van der Waals surface area contributed by atoms with Crippen molar-refractivity contribution in [3.05, 3.63) is 0 Å². The van der Waals surface area contributed by atoms with E-state index in [1.54, 1.807) is 0 Å². The molecule has 2 amide bonds. The third-order valence-corrected chi connectivity index (χ3v) is 1.54. The summed E-state index contributed by atoms with van der Waals surface area (Å²) in [6.07, 6.45) is 0.245. The molecule has 0 atom stereocenters. The molecule has 0 aromatic rings. The SMILES string of the molecule is C.O=C(CN1C(=O)CCC1=O)OO. The van der Waals surface area contributed by atoms with Crippen LogP contribution < -0.4 is 0 Å². The number of amides is 2. The Morgan fingerprint density at radius 2 is 1.85 bits per heavy atom. The minimum atomic E-state index is -1.02. The molecule has 1 rings (SSSR count). The van der Waals surface area contributed by atoms with Gasteiger partial charge in [-0.2, -0.15) is 5.26 Å². The smallest absolute Gasteiger partial charge is 0.299 e. The third kappa shape index (κ3) is 2.51. The molecule has 0 saturated carbocycles. The zero-order chi connectivity index (χ0) is 9.14. The molecule has 13 heavy (non-hydrogen) atoms. The fourth-order valence-electron chi connectivity index (χ4n) is 0.957. The Kier molecular flexibility index (Phi) is 4.06. The first-order chi connectivity index (χ1) is 5.65. The number of hydrogen-bond acceptors (Lipinski definition) is 5. The molecule has 1 heterocycles. The number of imide groups is 1. The van der Waals surface area contributed by atoms with Gasteiger partial charge in [0.2, 0.25) is 11.8 Å². The van der Waals surface area contributed by atoms with Crippen LogP contribution in [0.25, 0.3) is 0 Å². The Bertz CT molecular complexity index is 221. The first kappa shape index (κ1) is 11.6. The number of carbonyl (C=O) groups is 3. The van der Waals surface area contributed by atoms with E-state index in [1.165, 1.54) is 0 Å². The zero-order valence-electron chi connectivity index (χ0n) is 6.15. The fourth-order valence-corrected chi connectivity index (χ4v) is 0.957. The van der Waals surface area contributed by atoms with Crippen LogP contribution in [-0.4, -0.2) is 34.5 Å². The van der Waals surface area contributed by atoms with Gasteiger partial charge in [-0.3, -0.25) is 19.4 Å². The van der Waals surface area contributed by atoms with Crippen molar-refractivity contribution in [2.45, 2.75) is 20.3 Å². The van der Waals surface area contributed by atoms with Crippen molar-refractivity contribution in [1.29, 1.82) is 0 Å². The maximum Gasteiger partial charge on any atom is 0.361 e. The van der Waals surface area contributed by atoms with Crippen molar-refractivity contribution in [2.75, 3.05) is 6.54 Å². The van der Waals surface area contributed by atoms with Gasteiger partial charge in [-0.05, 0) is 0 Å². The van der Waals surface area contributed by atoms with E-state index in [1.807, 2.05) is 0 Å². The van der Waals surface area contributed by atoms with Crippen LogP contribution in [0.4, 0.5) is 0 Å². The van der Waals surface area contributed by atoms with Gasteiger partial charge in [-0.25, -0.2) is 4.79 Å². The van der Waals surface area contributed by atoms with Crippen molar-refractivity contribution in [3.63, 3.8) is 0 Å². The van der Waals surface area contributed by atoms with Crippen LogP contribution in [-0.2, 0) is 19.3 Å². The summed E-state index contributed by atoms with van der Waals surface area (Å²) in [7, 11) is 0. The van der Waals surface area contributed by atoms with Crippen LogP contribution in [0.15, 0.2) is 0 Å². The molecule has 1 aliphatic heterocycles. The van der Waals surface area contributed by atoms with Gasteiger partial charge in [-0.1, -0.05) is 7.43 Å². The quantitative estimate of drug-likeness (QED) is 0.369. The fraction of sp³-hybridized carbons (Fsp3) is 0.571. The van der Waals surface area contributed by atoms with Gasteiger partial charge in [0.25, 0.3) is 0 Å². The van der Waals surface area contributed by atoms with Gasteiger partial charge < -0.3 is 0 Å². The van der Waals surface area contributed by atoms with Crippen molar-refractivity contribution in [3.8, 4) is 0 Å². The topological polar surface area (TPSA) is 83.9 Å². The standard InChI is InChI=1S/C6H7NO5.CH4/c8-4-1-2-5(9)7(4)3-6(10)12-11;/h11H,1-3H2;1H4. The average molecular weight is 189 g/mol. The molecule has 6 nitrogen and oxygen atoms in total. The van der Waals surface area contributed by atoms with E-state index < -0.39 is 24.3 Å². The van der Waals surface area contributed by atoms with Gasteiger partial charge in [0.1, 0.15) is 6.54 Å². The highest BCUT2D eigenvalue weighted by atomic mass is 17.1. The Morgan fingerprint density at radius 1 is 1.38 bits per heavy atom. The molecular formula is C7H11NO5. The van der Waals surface area contributed by atoms with Crippen LogP contribution in [0.2, 0.25) is 0 Å². The Balaban J connectivity index is 0.00000144. The summed E-state index contributed by atoms with van der Waals surface area (Å²) in [6.45, 7) is -0.506. The van der Waals surface area contributed by atoms with E-state index in [9.17, 15) is 14.4 Å². The molecule has 1 aliphatic rings. The summed E-state index contributed by atoms with van der Waals surface area (Å²) in [6, 6.07) is 0. The third-order valence-electron chi connectivity index (χ3n) is 1.54. The molecule has 74 valence electrons. The maximum absolute atomic E-state index is 10.9. The monoisotopic (exact) mass is 189 g/mol. The molecule has 6 heteroatoms. The average Bonchev–Trinajstić information content (AvgIpc) is 2.35. The summed E-state index contributed by atoms with van der Waals surface area (Å²) in [5.41, 5.74) is 0. The molecule has 1 saturated heterocycles. The van der Waals surface area contributed by atoms with Gasteiger partial charge in [0.15, 0.2) is 0 Å². The van der Waals surface area contributed by atoms with Crippen LogP contribution in [0.1, 0.15) is 20.3 Å². The van der Waals surface area contributed by atoms with Gasteiger partial charge in [0.05, 0.1) is 0 Å². The molecule has 0 radical (unpaired) electrons. The highest BCUT2D eigenvalue weighted by Gasteiger charge is 2.30. The lowest BCUT2D eigenvalue weighted by Gasteiger charge is -2.09. The first-order valence-corrected chi connectivity index (χ1v) is 3.32. The minimum Gasteiger partial charge on any atom is -0.299 e. The van der Waals surface area contributed by atoms with Crippen LogP contribution in [0.3, 0.4) is 0 Å². The summed E-state index contributed by atoms with van der Waals surface area (Å²) in [5.74, 6) is -1.84. The highest BCUT2D eigenvalue weighted by molar-refractivity contribution is 6.03. The molecule has 0 aliphatic carbocycles. The van der Waals surface area contributed by atoms with Crippen LogP contribution in [0.5, 0.6) is 0 Å². The van der Waals surface area contributed by atoms with Gasteiger partial charge in [-0.15, -0.1) is 0 Å². The number of rotatable bonds is 2. The predicted molar refractivity (Wildman–Crippen MR) is 41.4 cm³/mol. The van der Waals surface area contributed by atoms with Crippen LogP contribution in [0, 0.1) is 0 Å². The van der Waals surface area contributed by atoms with E-state index >= 15 is 0 Å². The molecule has 0 spiro atoms. The molecule has 0 aromatic carbocycles. The second-order valence-electron chi connectivity index (χ2n) is 2.34. The summed E-state index contributed by atoms with van der Waals surface area (Å²) < 4.78 is 0. The lowest BCUT2D eigenvalue weighted by Crippen LogP contribution is -2.34. The molecule has 0 unspecified atom stereocenters. The van der Waals surface area contributed by atoms with E-state index in [2.05, 4.69) is 4.89 Å². The summed E-state index contributed by atoms with van der Waals surface area (Å²) in [4.78, 5) is 36.2. The van der Waals surface area contributed by atoms with E-state index in [0.717, 1.165) is 4.90 Å². The lowest BCUT2D eigenvalue weighted by atomic mass is 10.4. The molecule has 1 fully saturated rings. The lowest BCUT2D eigenvalue weighted by molar-refractivity contribution is -0.234. The Hall–Kier alpha value is -1.43. The van der Waals surface area contributed by atoms with Crippen molar-refractivity contribution >= 4 is 17.8 Å². The number of carbonyl (C=O) groups excluding carboxylic acids is 3. The first-order valence-electron chi connectivity index (χ1n) is 3.32. The number of nitrogens with zero attached hydrogens (tertiary/aromatic N) is 1. The van der Waals surface area contributed by atoms with E-state index in [-0.39, 0.29) is 20.3 Å². The normalized spacial score (nSPS) is 15.6. The summed E-state index contributed by atoms with van der Waals surface area (Å²) in [5, 5.41) is 7.87. The predicted octanol–water partition coefficient (Wildman–Crippen LogP) is -0.212. The van der Waals surface area contributed by atoms with Crippen molar-refractivity contribution in [1.82, 2.24) is 4.90 Å². The number of hydrogen-bond donors (Lipinski definition) is 1. The summed E-state index contributed by atoms with van der Waals surface area (Å²) >= 11 is 0. The van der Waals surface area contributed by atoms with Crippen molar-refractivity contribution in [2.24, 2.45) is 0 Å². The zero-order valence-corrected chi connectivity index (χ0v) is 6.15. The molecule has 1 N–H and O–H groups in total. The second kappa shape index (κ2) is 4.56. The van der Waals surface area contributed by atoms with Crippen LogP contribution >= 0.6 is 0 Å². The molecule has 0 aromatic heterocycles. The Morgan fingerprint density at radius 3 is 2.23 bits per heavy atom. The molecule has 0 bridgehead atoms. The van der Waals surface area contributed by atoms with E-state index in [0.29, 0.717) is 0 Å². The highest BCUT2D eigenvalue weighted by Crippen LogP contribution is 2.10. The largest absolute Gasteiger partial charge is 0.361 e. The Labute approximate surface area is 75.0 Å². The number of likely N-dealkylation sites (tertiary alicyclic amines) is 1. The minimum absolute atomic E-state index is 0. The van der Waals surface area contributed by atoms with Gasteiger partial charge >= 0.3 is 5.97 Å². The molecular weight excluding hydrogens is 178 g/mol. The van der Waals surface area contributed by atoms with Gasteiger partial charge in [0, 0.05) is 12.8 Å². The van der Waals surface area contributed by atoms with Crippen molar-refractivity contribution < 1.29 is 24.5 Å².